The van der Waals surface area contributed by atoms with E-state index in [0.29, 0.717) is 5.56 Å². The summed E-state index contributed by atoms with van der Waals surface area (Å²) in [5.74, 6) is 0. The second kappa shape index (κ2) is 5.69. The van der Waals surface area contributed by atoms with E-state index in [1.54, 1.807) is 20.1 Å². The second-order valence-electron chi connectivity index (χ2n) is 4.35. The maximum Gasteiger partial charge on any atom is 0.238 e. The van der Waals surface area contributed by atoms with Gasteiger partial charge in [-0.2, -0.15) is 0 Å². The summed E-state index contributed by atoms with van der Waals surface area (Å²) < 4.78 is 28.0. The highest BCUT2D eigenvalue weighted by Gasteiger charge is 2.16. The van der Waals surface area contributed by atoms with Crippen molar-refractivity contribution in [3.63, 3.8) is 0 Å². The van der Waals surface area contributed by atoms with Gasteiger partial charge < -0.3 is 10.1 Å². The molecule has 18 heavy (non-hydrogen) atoms. The highest BCUT2D eigenvalue weighted by molar-refractivity contribution is 7.89. The van der Waals surface area contributed by atoms with Crippen LogP contribution in [-0.4, -0.2) is 27.7 Å². The van der Waals surface area contributed by atoms with Gasteiger partial charge in [-0.05, 0) is 38.5 Å². The first kappa shape index (κ1) is 14.9. The number of primary sulfonamides is 1. The molecule has 1 rings (SSSR count). The molecule has 0 saturated heterocycles. The molecule has 6 heteroatoms. The molecule has 0 aliphatic carbocycles. The molecule has 102 valence electrons. The summed E-state index contributed by atoms with van der Waals surface area (Å²) in [7, 11) is -2.05. The van der Waals surface area contributed by atoms with E-state index in [-0.39, 0.29) is 17.0 Å². The Balaban J connectivity index is 3.06. The van der Waals surface area contributed by atoms with Crippen molar-refractivity contribution in [1.29, 1.82) is 0 Å². The van der Waals surface area contributed by atoms with E-state index >= 15 is 0 Å². The fourth-order valence-electron chi connectivity index (χ4n) is 1.65. The lowest BCUT2D eigenvalue weighted by atomic mass is 10.1. The van der Waals surface area contributed by atoms with Gasteiger partial charge in [-0.15, -0.1) is 0 Å². The van der Waals surface area contributed by atoms with Gasteiger partial charge >= 0.3 is 0 Å². The maximum absolute atomic E-state index is 11.4. The van der Waals surface area contributed by atoms with Crippen molar-refractivity contribution in [2.24, 2.45) is 5.14 Å². The van der Waals surface area contributed by atoms with E-state index in [0.717, 1.165) is 5.69 Å². The van der Waals surface area contributed by atoms with E-state index in [4.69, 9.17) is 9.88 Å². The summed E-state index contributed by atoms with van der Waals surface area (Å²) in [4.78, 5) is 0.143. The van der Waals surface area contributed by atoms with Crippen LogP contribution in [0.15, 0.2) is 23.1 Å². The average molecular weight is 272 g/mol. The SMILES string of the molecule is COC(C)C(C)Nc1cccc(S(N)(=O)=O)c1C. The Bertz CT molecular complexity index is 514. The Hall–Kier alpha value is -1.11. The van der Waals surface area contributed by atoms with Crippen molar-refractivity contribution in [1.82, 2.24) is 0 Å². The topological polar surface area (TPSA) is 81.4 Å². The fourth-order valence-corrected chi connectivity index (χ4v) is 2.45. The minimum absolute atomic E-state index is 0.0162. The molecule has 0 amide bonds. The summed E-state index contributed by atoms with van der Waals surface area (Å²) >= 11 is 0. The van der Waals surface area contributed by atoms with Crippen LogP contribution in [0, 0.1) is 6.92 Å². The molecule has 2 unspecified atom stereocenters. The van der Waals surface area contributed by atoms with Crippen molar-refractivity contribution in [3.05, 3.63) is 23.8 Å². The third-order valence-electron chi connectivity index (χ3n) is 3.05. The number of sulfonamides is 1. The zero-order valence-corrected chi connectivity index (χ0v) is 11.9. The third kappa shape index (κ3) is 3.44. The Kier molecular flexibility index (Phi) is 4.72. The van der Waals surface area contributed by atoms with Crippen molar-refractivity contribution >= 4 is 15.7 Å². The van der Waals surface area contributed by atoms with E-state index in [2.05, 4.69) is 5.32 Å². The Morgan fingerprint density at radius 2 is 1.94 bits per heavy atom. The summed E-state index contributed by atoms with van der Waals surface area (Å²) in [6, 6.07) is 5.05. The van der Waals surface area contributed by atoms with E-state index in [9.17, 15) is 8.42 Å². The zero-order chi connectivity index (χ0) is 13.9. The van der Waals surface area contributed by atoms with Crippen molar-refractivity contribution < 1.29 is 13.2 Å². The van der Waals surface area contributed by atoms with Gasteiger partial charge in [-0.25, -0.2) is 13.6 Å². The molecule has 5 nitrogen and oxygen atoms in total. The van der Waals surface area contributed by atoms with Crippen LogP contribution in [0.4, 0.5) is 5.69 Å². The average Bonchev–Trinajstić information content (AvgIpc) is 2.29. The molecule has 0 saturated carbocycles. The smallest absolute Gasteiger partial charge is 0.238 e. The molecule has 0 aromatic heterocycles. The van der Waals surface area contributed by atoms with Crippen LogP contribution in [0.2, 0.25) is 0 Å². The predicted octanol–water partition coefficient (Wildman–Crippen LogP) is 1.48. The lowest BCUT2D eigenvalue weighted by molar-refractivity contribution is 0.106. The third-order valence-corrected chi connectivity index (χ3v) is 4.11. The van der Waals surface area contributed by atoms with Crippen molar-refractivity contribution in [3.8, 4) is 0 Å². The number of benzene rings is 1. The second-order valence-corrected chi connectivity index (χ2v) is 5.88. The molecule has 0 radical (unpaired) electrons. The first-order valence-electron chi connectivity index (χ1n) is 5.69. The van der Waals surface area contributed by atoms with E-state index in [1.165, 1.54) is 6.07 Å². The van der Waals surface area contributed by atoms with E-state index in [1.807, 2.05) is 19.9 Å². The number of hydrogen-bond donors (Lipinski definition) is 2. The Labute approximate surface area is 108 Å². The Morgan fingerprint density at radius 3 is 2.44 bits per heavy atom. The van der Waals surface area contributed by atoms with Gasteiger partial charge in [-0.3, -0.25) is 0 Å². The molecule has 3 N–H and O–H groups in total. The fraction of sp³-hybridized carbons (Fsp3) is 0.500. The lowest BCUT2D eigenvalue weighted by Crippen LogP contribution is -2.30. The molecule has 0 aliphatic rings. The molecule has 1 aromatic rings. The number of hydrogen-bond acceptors (Lipinski definition) is 4. The molecule has 0 heterocycles. The molecule has 0 fully saturated rings. The number of rotatable bonds is 5. The predicted molar refractivity (Wildman–Crippen MR) is 72.1 cm³/mol. The van der Waals surface area contributed by atoms with Crippen LogP contribution in [0.5, 0.6) is 0 Å². The number of nitrogens with two attached hydrogens (primary N) is 1. The van der Waals surface area contributed by atoms with Crippen molar-refractivity contribution in [2.75, 3.05) is 12.4 Å². The van der Waals surface area contributed by atoms with Gasteiger partial charge in [0.1, 0.15) is 0 Å². The van der Waals surface area contributed by atoms with Gasteiger partial charge in [0.2, 0.25) is 10.0 Å². The number of ether oxygens (including phenoxy) is 1. The molecular weight excluding hydrogens is 252 g/mol. The maximum atomic E-state index is 11.4. The minimum Gasteiger partial charge on any atom is -0.380 e. The van der Waals surface area contributed by atoms with Gasteiger partial charge in [0, 0.05) is 18.8 Å². The van der Waals surface area contributed by atoms with Crippen LogP contribution in [0.3, 0.4) is 0 Å². The van der Waals surface area contributed by atoms with Crippen LogP contribution in [-0.2, 0) is 14.8 Å². The number of anilines is 1. The monoisotopic (exact) mass is 272 g/mol. The molecular formula is C12H20N2O3S. The normalized spacial score (nSPS) is 15.2. The molecule has 2 atom stereocenters. The van der Waals surface area contributed by atoms with Crippen LogP contribution < -0.4 is 10.5 Å². The number of nitrogens with one attached hydrogen (secondary N) is 1. The quantitative estimate of drug-likeness (QED) is 0.850. The molecule has 0 aliphatic heterocycles. The molecule has 0 bridgehead atoms. The van der Waals surface area contributed by atoms with Crippen LogP contribution >= 0.6 is 0 Å². The molecule has 1 aromatic carbocycles. The first-order valence-corrected chi connectivity index (χ1v) is 7.23. The summed E-state index contributed by atoms with van der Waals surface area (Å²) in [5, 5.41) is 8.39. The zero-order valence-electron chi connectivity index (χ0n) is 11.1. The summed E-state index contributed by atoms with van der Waals surface area (Å²) in [5.41, 5.74) is 1.37. The summed E-state index contributed by atoms with van der Waals surface area (Å²) in [6.45, 7) is 5.64. The molecule has 0 spiro atoms. The van der Waals surface area contributed by atoms with Crippen molar-refractivity contribution in [2.45, 2.75) is 37.8 Å². The highest BCUT2D eigenvalue weighted by Crippen LogP contribution is 2.23. The Morgan fingerprint density at radius 1 is 1.33 bits per heavy atom. The highest BCUT2D eigenvalue weighted by atomic mass is 32.2. The first-order chi connectivity index (χ1) is 8.27. The standard InChI is InChI=1S/C12H20N2O3S/c1-8-11(14-9(2)10(3)17-4)6-5-7-12(8)18(13,15)16/h5-7,9-10,14H,1-4H3,(H2,13,15,16). The van der Waals surface area contributed by atoms with E-state index < -0.39 is 10.0 Å². The van der Waals surface area contributed by atoms with Gasteiger partial charge in [-0.1, -0.05) is 6.07 Å². The van der Waals surface area contributed by atoms with Gasteiger partial charge in [0.25, 0.3) is 0 Å². The minimum atomic E-state index is -3.69. The largest absolute Gasteiger partial charge is 0.380 e. The summed E-state index contributed by atoms with van der Waals surface area (Å²) in [6.07, 6.45) is 0.0162. The van der Waals surface area contributed by atoms with Gasteiger partial charge in [0.15, 0.2) is 0 Å². The van der Waals surface area contributed by atoms with Gasteiger partial charge in [0.05, 0.1) is 11.0 Å². The van der Waals surface area contributed by atoms with Crippen LogP contribution in [0.25, 0.3) is 0 Å². The number of methoxy groups -OCH3 is 1. The lowest BCUT2D eigenvalue weighted by Gasteiger charge is -2.22. The van der Waals surface area contributed by atoms with Crippen LogP contribution in [0.1, 0.15) is 19.4 Å².